The van der Waals surface area contributed by atoms with Gasteiger partial charge in [-0.1, -0.05) is 0 Å². The first kappa shape index (κ1) is 20.0. The van der Waals surface area contributed by atoms with Gasteiger partial charge < -0.3 is 29.2 Å². The normalized spacial score (nSPS) is 15.4. The number of carbonyl (C=O) groups is 2. The zero-order valence-corrected chi connectivity index (χ0v) is 16.8. The van der Waals surface area contributed by atoms with Crippen LogP contribution in [0.25, 0.3) is 0 Å². The van der Waals surface area contributed by atoms with E-state index in [0.717, 1.165) is 5.69 Å². The summed E-state index contributed by atoms with van der Waals surface area (Å²) in [5.74, 6) is 0.432. The van der Waals surface area contributed by atoms with Crippen molar-refractivity contribution in [3.63, 3.8) is 0 Å². The fourth-order valence-electron chi connectivity index (χ4n) is 3.44. The van der Waals surface area contributed by atoms with Gasteiger partial charge in [0, 0.05) is 18.7 Å². The first-order chi connectivity index (χ1) is 14.7. The topological polar surface area (TPSA) is 86.3 Å². The van der Waals surface area contributed by atoms with E-state index in [1.165, 1.54) is 0 Å². The summed E-state index contributed by atoms with van der Waals surface area (Å²) >= 11 is 0. The fraction of sp³-hybridized carbons (Fsp3) is 0.364. The lowest BCUT2D eigenvalue weighted by atomic mass is 10.1. The van der Waals surface area contributed by atoms with E-state index in [4.69, 9.17) is 18.9 Å². The summed E-state index contributed by atoms with van der Waals surface area (Å²) in [7, 11) is 0. The molecule has 0 unspecified atom stereocenters. The molecule has 0 spiro atoms. The van der Waals surface area contributed by atoms with E-state index in [1.807, 2.05) is 6.07 Å². The zero-order chi connectivity index (χ0) is 20.9. The molecule has 30 heavy (non-hydrogen) atoms. The highest BCUT2D eigenvalue weighted by Crippen LogP contribution is 2.32. The van der Waals surface area contributed by atoms with E-state index in [2.05, 4.69) is 10.2 Å². The summed E-state index contributed by atoms with van der Waals surface area (Å²) in [6.45, 7) is 5.58. The molecule has 8 nitrogen and oxygen atoms in total. The minimum atomic E-state index is -0.430. The molecule has 4 rings (SSSR count). The Kier molecular flexibility index (Phi) is 6.04. The lowest BCUT2D eigenvalue weighted by molar-refractivity contribution is 0.0526. The van der Waals surface area contributed by atoms with Crippen LogP contribution in [0.3, 0.4) is 0 Å². The summed E-state index contributed by atoms with van der Waals surface area (Å²) in [6.07, 6.45) is 0. The Morgan fingerprint density at radius 1 is 0.967 bits per heavy atom. The van der Waals surface area contributed by atoms with Crippen molar-refractivity contribution in [1.82, 2.24) is 0 Å². The second-order valence-corrected chi connectivity index (χ2v) is 6.86. The number of morpholine rings is 1. The van der Waals surface area contributed by atoms with E-state index in [-0.39, 0.29) is 12.5 Å². The van der Waals surface area contributed by atoms with Crippen LogP contribution in [0.15, 0.2) is 36.4 Å². The van der Waals surface area contributed by atoms with Crippen LogP contribution >= 0.6 is 0 Å². The number of nitrogens with one attached hydrogen (secondary N) is 1. The first-order valence-corrected chi connectivity index (χ1v) is 10.0. The van der Waals surface area contributed by atoms with Crippen molar-refractivity contribution in [2.75, 3.05) is 56.3 Å². The molecule has 1 N–H and O–H groups in total. The molecule has 8 heteroatoms. The summed E-state index contributed by atoms with van der Waals surface area (Å²) < 4.78 is 21.6. The third-order valence-corrected chi connectivity index (χ3v) is 4.91. The predicted molar refractivity (Wildman–Crippen MR) is 111 cm³/mol. The maximum atomic E-state index is 13.0. The molecular weight excluding hydrogens is 388 g/mol. The molecule has 1 amide bonds. The first-order valence-electron chi connectivity index (χ1n) is 10.0. The van der Waals surface area contributed by atoms with Crippen molar-refractivity contribution in [1.29, 1.82) is 0 Å². The number of esters is 1. The van der Waals surface area contributed by atoms with Gasteiger partial charge in [0.15, 0.2) is 11.5 Å². The van der Waals surface area contributed by atoms with Gasteiger partial charge in [-0.25, -0.2) is 4.79 Å². The maximum absolute atomic E-state index is 13.0. The number of rotatable bonds is 5. The monoisotopic (exact) mass is 412 g/mol. The van der Waals surface area contributed by atoms with Crippen molar-refractivity contribution in [2.45, 2.75) is 6.92 Å². The molecule has 0 radical (unpaired) electrons. The van der Waals surface area contributed by atoms with Gasteiger partial charge in [-0.05, 0) is 43.3 Å². The van der Waals surface area contributed by atoms with E-state index in [0.29, 0.717) is 67.8 Å². The SMILES string of the molecule is CCOC(=O)c1ccc(N2CCOCC2)c(NC(=O)c2ccc3c(c2)OCCO3)c1. The highest BCUT2D eigenvalue weighted by molar-refractivity contribution is 6.07. The van der Waals surface area contributed by atoms with Gasteiger partial charge in [-0.15, -0.1) is 0 Å². The third kappa shape index (κ3) is 4.33. The number of hydrogen-bond acceptors (Lipinski definition) is 7. The van der Waals surface area contributed by atoms with Crippen LogP contribution < -0.4 is 19.7 Å². The van der Waals surface area contributed by atoms with Gasteiger partial charge in [0.1, 0.15) is 13.2 Å². The number of fused-ring (bicyclic) bond motifs is 1. The molecular formula is C22H24N2O6. The third-order valence-electron chi connectivity index (χ3n) is 4.91. The van der Waals surface area contributed by atoms with Gasteiger partial charge >= 0.3 is 5.97 Å². The average Bonchev–Trinajstić information content (AvgIpc) is 2.79. The number of benzene rings is 2. The van der Waals surface area contributed by atoms with Crippen LogP contribution in [0.2, 0.25) is 0 Å². The minimum absolute atomic E-state index is 0.281. The molecule has 2 aromatic carbocycles. The van der Waals surface area contributed by atoms with Gasteiger partial charge in [-0.3, -0.25) is 4.79 Å². The second kappa shape index (κ2) is 9.04. The molecule has 158 valence electrons. The number of carbonyl (C=O) groups excluding carboxylic acids is 2. The van der Waals surface area contributed by atoms with Crippen molar-refractivity contribution >= 4 is 23.3 Å². The number of amides is 1. The summed E-state index contributed by atoms with van der Waals surface area (Å²) in [5.41, 5.74) is 2.19. The van der Waals surface area contributed by atoms with Crippen LogP contribution in [0.1, 0.15) is 27.6 Å². The van der Waals surface area contributed by atoms with E-state index in [9.17, 15) is 9.59 Å². The number of ether oxygens (including phenoxy) is 4. The smallest absolute Gasteiger partial charge is 0.338 e. The summed E-state index contributed by atoms with van der Waals surface area (Å²) in [6, 6.07) is 10.3. The summed E-state index contributed by atoms with van der Waals surface area (Å²) in [5, 5.41) is 2.94. The standard InChI is InChI=1S/C22H24N2O6/c1-2-28-22(26)16-3-5-18(24-7-9-27-10-8-24)17(13-16)23-21(25)15-4-6-19-20(14-15)30-12-11-29-19/h3-6,13-14H,2,7-12H2,1H3,(H,23,25). The molecule has 1 fully saturated rings. The Labute approximate surface area is 174 Å². The second-order valence-electron chi connectivity index (χ2n) is 6.86. The zero-order valence-electron chi connectivity index (χ0n) is 16.8. The number of hydrogen-bond donors (Lipinski definition) is 1. The van der Waals surface area contributed by atoms with Gasteiger partial charge in [0.25, 0.3) is 5.91 Å². The van der Waals surface area contributed by atoms with E-state index < -0.39 is 5.97 Å². The Morgan fingerprint density at radius 3 is 2.47 bits per heavy atom. The Bertz CT molecular complexity index is 939. The molecule has 0 bridgehead atoms. The number of nitrogens with zero attached hydrogens (tertiary/aromatic N) is 1. The van der Waals surface area contributed by atoms with Crippen LogP contribution in [-0.2, 0) is 9.47 Å². The molecule has 0 aromatic heterocycles. The van der Waals surface area contributed by atoms with Crippen LogP contribution in [0.5, 0.6) is 11.5 Å². The van der Waals surface area contributed by atoms with Crippen molar-refractivity contribution in [3.8, 4) is 11.5 Å². The molecule has 0 saturated carbocycles. The van der Waals surface area contributed by atoms with Crippen molar-refractivity contribution < 1.29 is 28.5 Å². The quantitative estimate of drug-likeness (QED) is 0.756. The molecule has 0 aliphatic carbocycles. The highest BCUT2D eigenvalue weighted by Gasteiger charge is 2.20. The van der Waals surface area contributed by atoms with Crippen molar-refractivity contribution in [3.05, 3.63) is 47.5 Å². The Hall–Kier alpha value is -3.26. The van der Waals surface area contributed by atoms with Crippen LogP contribution in [0, 0.1) is 0 Å². The lowest BCUT2D eigenvalue weighted by Gasteiger charge is -2.30. The fourth-order valence-corrected chi connectivity index (χ4v) is 3.44. The highest BCUT2D eigenvalue weighted by atomic mass is 16.6. The van der Waals surface area contributed by atoms with Gasteiger partial charge in [-0.2, -0.15) is 0 Å². The van der Waals surface area contributed by atoms with Crippen molar-refractivity contribution in [2.24, 2.45) is 0 Å². The molecule has 1 saturated heterocycles. The van der Waals surface area contributed by atoms with Gasteiger partial charge in [0.05, 0.1) is 36.8 Å². The lowest BCUT2D eigenvalue weighted by Crippen LogP contribution is -2.36. The molecule has 2 aliphatic rings. The van der Waals surface area contributed by atoms with Crippen LogP contribution in [-0.4, -0.2) is 58.0 Å². The molecule has 0 atom stereocenters. The van der Waals surface area contributed by atoms with E-state index in [1.54, 1.807) is 37.3 Å². The molecule has 2 aromatic rings. The van der Waals surface area contributed by atoms with Crippen LogP contribution in [0.4, 0.5) is 11.4 Å². The minimum Gasteiger partial charge on any atom is -0.486 e. The average molecular weight is 412 g/mol. The Balaban J connectivity index is 1.62. The van der Waals surface area contributed by atoms with E-state index >= 15 is 0 Å². The number of anilines is 2. The van der Waals surface area contributed by atoms with Gasteiger partial charge in [0.2, 0.25) is 0 Å². The maximum Gasteiger partial charge on any atom is 0.338 e. The summed E-state index contributed by atoms with van der Waals surface area (Å²) in [4.78, 5) is 27.3. The predicted octanol–water partition coefficient (Wildman–Crippen LogP) is 2.72. The molecule has 2 aliphatic heterocycles. The Morgan fingerprint density at radius 2 is 1.70 bits per heavy atom. The molecule has 2 heterocycles. The largest absolute Gasteiger partial charge is 0.486 e.